The molecule has 39 heavy (non-hydrogen) atoms. The molecule has 1 N–H and O–H groups in total. The van der Waals surface area contributed by atoms with E-state index in [4.69, 9.17) is 23.9 Å². The van der Waals surface area contributed by atoms with Crippen molar-refractivity contribution in [3.63, 3.8) is 0 Å². The van der Waals surface area contributed by atoms with E-state index in [1.54, 1.807) is 25.5 Å². The lowest BCUT2D eigenvalue weighted by Crippen LogP contribution is -2.25. The first-order chi connectivity index (χ1) is 19.2. The maximum Gasteiger partial charge on any atom is 0.227 e. The van der Waals surface area contributed by atoms with E-state index in [2.05, 4.69) is 28.4 Å². The molecule has 0 bridgehead atoms. The van der Waals surface area contributed by atoms with Crippen molar-refractivity contribution in [1.29, 1.82) is 0 Å². The maximum absolute atomic E-state index is 6.15. The van der Waals surface area contributed by atoms with E-state index >= 15 is 0 Å². The number of nitrogens with one attached hydrogen (secondary N) is 1. The Labute approximate surface area is 231 Å². The fraction of sp³-hybridized carbons (Fsp3) is 0.355. The molecule has 8 heteroatoms. The van der Waals surface area contributed by atoms with Crippen LogP contribution in [0.4, 0.5) is 11.6 Å². The molecule has 8 nitrogen and oxygen atoms in total. The zero-order chi connectivity index (χ0) is 27.3. The molecule has 2 heterocycles. The van der Waals surface area contributed by atoms with Crippen molar-refractivity contribution in [3.05, 3.63) is 85.1 Å². The van der Waals surface area contributed by atoms with Gasteiger partial charge in [-0.25, -0.2) is 9.97 Å². The third-order valence-corrected chi connectivity index (χ3v) is 6.37. The van der Waals surface area contributed by atoms with Gasteiger partial charge in [0.2, 0.25) is 5.95 Å². The number of nitrogens with zero attached hydrogens (tertiary/aromatic N) is 3. The minimum absolute atomic E-state index is 0.416. The Morgan fingerprint density at radius 2 is 1.72 bits per heavy atom. The van der Waals surface area contributed by atoms with E-state index < -0.39 is 0 Å². The topological polar surface area (TPSA) is 78.0 Å². The van der Waals surface area contributed by atoms with E-state index in [0.717, 1.165) is 59.2 Å². The highest BCUT2D eigenvalue weighted by atomic mass is 16.5. The van der Waals surface area contributed by atoms with E-state index in [0.29, 0.717) is 39.0 Å². The Hall–Kier alpha value is -3.72. The number of rotatable bonds is 16. The van der Waals surface area contributed by atoms with Crippen molar-refractivity contribution >= 4 is 11.6 Å². The first-order valence-corrected chi connectivity index (χ1v) is 13.3. The predicted molar refractivity (Wildman–Crippen MR) is 155 cm³/mol. The fourth-order valence-corrected chi connectivity index (χ4v) is 4.46. The van der Waals surface area contributed by atoms with Crippen LogP contribution in [0.1, 0.15) is 24.0 Å². The molecule has 206 valence electrons. The van der Waals surface area contributed by atoms with Crippen molar-refractivity contribution in [2.24, 2.45) is 0 Å². The smallest absolute Gasteiger partial charge is 0.227 e. The minimum atomic E-state index is 0.416. The van der Waals surface area contributed by atoms with Crippen LogP contribution in [0.15, 0.2) is 74.0 Å². The summed E-state index contributed by atoms with van der Waals surface area (Å²) in [6.45, 7) is 13.2. The molecule has 0 unspecified atom stereocenters. The highest BCUT2D eigenvalue weighted by molar-refractivity contribution is 5.69. The summed E-state index contributed by atoms with van der Waals surface area (Å²) in [5.41, 5.74) is 4.42. The van der Waals surface area contributed by atoms with E-state index in [9.17, 15) is 0 Å². The van der Waals surface area contributed by atoms with Gasteiger partial charge in [0, 0.05) is 29.6 Å². The molecular formula is C31H38N4O4. The Balaban J connectivity index is 1.49. The summed E-state index contributed by atoms with van der Waals surface area (Å²) in [4.78, 5) is 11.6. The largest absolute Gasteiger partial charge is 0.496 e. The van der Waals surface area contributed by atoms with Crippen molar-refractivity contribution in [2.75, 3.05) is 51.9 Å². The molecule has 2 aromatic carbocycles. The summed E-state index contributed by atoms with van der Waals surface area (Å²) in [7, 11) is 1.65. The quantitative estimate of drug-likeness (QED) is 0.185. The van der Waals surface area contributed by atoms with E-state index in [-0.39, 0.29) is 0 Å². The van der Waals surface area contributed by atoms with Crippen LogP contribution >= 0.6 is 0 Å². The lowest BCUT2D eigenvalue weighted by atomic mass is 10.1. The molecule has 0 aliphatic carbocycles. The zero-order valence-corrected chi connectivity index (χ0v) is 22.7. The summed E-state index contributed by atoms with van der Waals surface area (Å²) in [5.74, 6) is 2.02. The van der Waals surface area contributed by atoms with Gasteiger partial charge in [0.05, 0.1) is 39.2 Å². The van der Waals surface area contributed by atoms with Gasteiger partial charge in [-0.2, -0.15) is 0 Å². The van der Waals surface area contributed by atoms with Crippen LogP contribution in [0, 0.1) is 0 Å². The van der Waals surface area contributed by atoms with Gasteiger partial charge in [0.15, 0.2) is 0 Å². The molecule has 0 saturated carbocycles. The number of likely N-dealkylation sites (tertiary alicyclic amines) is 1. The van der Waals surface area contributed by atoms with Gasteiger partial charge in [-0.1, -0.05) is 18.2 Å². The van der Waals surface area contributed by atoms with Gasteiger partial charge in [0.25, 0.3) is 0 Å². The second-order valence-corrected chi connectivity index (χ2v) is 9.25. The van der Waals surface area contributed by atoms with Gasteiger partial charge < -0.3 is 24.3 Å². The Morgan fingerprint density at radius 3 is 2.49 bits per heavy atom. The minimum Gasteiger partial charge on any atom is -0.496 e. The SMILES string of the molecule is C=CCOCc1ccc(OC)c(-c2ccnc(Nc3ccc(OCCN4CCCC4)c(COCC=C)c3)n2)c1. The number of anilines is 2. The monoisotopic (exact) mass is 530 g/mol. The highest BCUT2D eigenvalue weighted by Gasteiger charge is 2.14. The average Bonchev–Trinajstić information content (AvgIpc) is 3.48. The molecule has 3 aromatic rings. The number of hydrogen-bond acceptors (Lipinski definition) is 8. The Kier molecular flexibility index (Phi) is 10.9. The molecule has 0 spiro atoms. The van der Waals surface area contributed by atoms with Gasteiger partial charge in [-0.15, -0.1) is 13.2 Å². The second-order valence-electron chi connectivity index (χ2n) is 9.25. The number of hydrogen-bond donors (Lipinski definition) is 1. The summed E-state index contributed by atoms with van der Waals surface area (Å²) in [6, 6.07) is 13.8. The molecular weight excluding hydrogens is 492 g/mol. The van der Waals surface area contributed by atoms with Crippen molar-refractivity contribution in [3.8, 4) is 22.8 Å². The standard InChI is InChI=1S/C31H38N4O4/c1-4-17-37-22-24-8-10-30(36-3)27(20-24)28-12-13-32-31(34-28)33-26-9-11-29(25(21-26)23-38-18-5-2)39-19-16-35-14-6-7-15-35/h4-5,8-13,20-21H,1-2,6-7,14-19,22-23H2,3H3,(H,32,33,34). The Morgan fingerprint density at radius 1 is 0.949 bits per heavy atom. The highest BCUT2D eigenvalue weighted by Crippen LogP contribution is 2.31. The average molecular weight is 531 g/mol. The third-order valence-electron chi connectivity index (χ3n) is 6.37. The van der Waals surface area contributed by atoms with E-state index in [1.807, 2.05) is 42.5 Å². The van der Waals surface area contributed by atoms with Crippen molar-refractivity contribution < 1.29 is 18.9 Å². The van der Waals surface area contributed by atoms with Crippen LogP contribution in [0.3, 0.4) is 0 Å². The number of benzene rings is 2. The number of aromatic nitrogens is 2. The van der Waals surface area contributed by atoms with Gasteiger partial charge >= 0.3 is 0 Å². The summed E-state index contributed by atoms with van der Waals surface area (Å²) in [5, 5.41) is 3.33. The molecule has 1 aliphatic rings. The molecule has 1 saturated heterocycles. The first-order valence-electron chi connectivity index (χ1n) is 13.3. The van der Waals surface area contributed by atoms with E-state index in [1.165, 1.54) is 12.8 Å². The molecule has 1 fully saturated rings. The van der Waals surface area contributed by atoms with Crippen LogP contribution in [-0.2, 0) is 22.7 Å². The van der Waals surface area contributed by atoms with Crippen molar-refractivity contribution in [1.82, 2.24) is 14.9 Å². The number of methoxy groups -OCH3 is 1. The number of ether oxygens (including phenoxy) is 4. The van der Waals surface area contributed by atoms with Gasteiger partial charge in [-0.05, 0) is 67.9 Å². The normalized spacial score (nSPS) is 13.3. The second kappa shape index (κ2) is 15.0. The molecule has 0 radical (unpaired) electrons. The third kappa shape index (κ3) is 8.38. The lowest BCUT2D eigenvalue weighted by Gasteiger charge is -2.17. The summed E-state index contributed by atoms with van der Waals surface area (Å²) >= 11 is 0. The summed E-state index contributed by atoms with van der Waals surface area (Å²) < 4.78 is 23.1. The lowest BCUT2D eigenvalue weighted by molar-refractivity contribution is 0.144. The maximum atomic E-state index is 6.15. The fourth-order valence-electron chi connectivity index (χ4n) is 4.46. The van der Waals surface area contributed by atoms with Crippen LogP contribution in [0.2, 0.25) is 0 Å². The van der Waals surface area contributed by atoms with Gasteiger partial charge in [0.1, 0.15) is 18.1 Å². The summed E-state index contributed by atoms with van der Waals surface area (Å²) in [6.07, 6.45) is 7.75. The molecule has 4 rings (SSSR count). The first kappa shape index (κ1) is 28.3. The van der Waals surface area contributed by atoms with Crippen LogP contribution in [0.25, 0.3) is 11.3 Å². The molecule has 1 aromatic heterocycles. The Bertz CT molecular complexity index is 1230. The zero-order valence-electron chi connectivity index (χ0n) is 22.7. The van der Waals surface area contributed by atoms with Crippen LogP contribution < -0.4 is 14.8 Å². The predicted octanol–water partition coefficient (Wildman–Crippen LogP) is 5.78. The molecule has 0 amide bonds. The molecule has 0 atom stereocenters. The van der Waals surface area contributed by atoms with Crippen LogP contribution in [0.5, 0.6) is 11.5 Å². The van der Waals surface area contributed by atoms with Crippen LogP contribution in [-0.4, -0.2) is 61.4 Å². The van der Waals surface area contributed by atoms with Crippen molar-refractivity contribution in [2.45, 2.75) is 26.1 Å². The van der Waals surface area contributed by atoms with Gasteiger partial charge in [-0.3, -0.25) is 4.90 Å². The molecule has 1 aliphatic heterocycles.